The Morgan fingerprint density at radius 1 is 1.57 bits per heavy atom. The zero-order valence-electron chi connectivity index (χ0n) is 12.6. The van der Waals surface area contributed by atoms with Gasteiger partial charge in [-0.15, -0.1) is 0 Å². The monoisotopic (exact) mass is 333 g/mol. The molecule has 2 rings (SSSR count). The van der Waals surface area contributed by atoms with E-state index in [1.807, 2.05) is 0 Å². The molecular weight excluding hydrogens is 316 g/mol. The van der Waals surface area contributed by atoms with Crippen molar-refractivity contribution < 1.29 is 23.6 Å². The molecule has 1 amide bonds. The lowest BCUT2D eigenvalue weighted by atomic mass is 9.91. The Labute approximate surface area is 130 Å². The highest BCUT2D eigenvalue weighted by Crippen LogP contribution is 2.37. The Balaban J connectivity index is 2.35. The number of nitrogens with zero attached hydrogens (tertiary/aromatic N) is 4. The minimum absolute atomic E-state index is 0.0192. The summed E-state index contributed by atoms with van der Waals surface area (Å²) in [5, 5.41) is 25.8. The Bertz CT molecular complexity index is 635. The van der Waals surface area contributed by atoms with Crippen LogP contribution in [0.1, 0.15) is 19.8 Å². The second kappa shape index (κ2) is 5.63. The molecule has 1 aliphatic heterocycles. The minimum Gasteiger partial charge on any atom is -0.465 e. The normalized spacial score (nSPS) is 24.1. The summed E-state index contributed by atoms with van der Waals surface area (Å²) >= 11 is 0. The molecule has 0 radical (unpaired) electrons. The van der Waals surface area contributed by atoms with Crippen molar-refractivity contribution in [2.75, 3.05) is 18.0 Å². The van der Waals surface area contributed by atoms with E-state index < -0.39 is 35.4 Å². The van der Waals surface area contributed by atoms with Crippen molar-refractivity contribution in [2.45, 2.75) is 31.2 Å². The highest BCUT2D eigenvalue weighted by molar-refractivity contribution is 5.65. The minimum atomic E-state index is -3.22. The number of hydrogen-bond acceptors (Lipinski definition) is 5. The molecule has 1 aromatic heterocycles. The predicted octanol–water partition coefficient (Wildman–Crippen LogP) is 1.59. The van der Waals surface area contributed by atoms with Crippen LogP contribution >= 0.6 is 0 Å². The average molecular weight is 333 g/mol. The summed E-state index contributed by atoms with van der Waals surface area (Å²) in [4.78, 5) is 22.4. The highest BCUT2D eigenvalue weighted by atomic mass is 19.3. The van der Waals surface area contributed by atoms with Gasteiger partial charge in [0.25, 0.3) is 5.92 Å². The van der Waals surface area contributed by atoms with Crippen molar-refractivity contribution in [2.24, 2.45) is 7.05 Å². The fraction of sp³-hybridized carbons (Fsp3) is 0.667. The van der Waals surface area contributed by atoms with Gasteiger partial charge in [0.05, 0.1) is 11.5 Å². The first-order valence-corrected chi connectivity index (χ1v) is 6.83. The van der Waals surface area contributed by atoms with Crippen molar-refractivity contribution in [3.8, 4) is 0 Å². The Morgan fingerprint density at radius 3 is 2.78 bits per heavy atom. The molecule has 2 heterocycles. The van der Waals surface area contributed by atoms with Crippen LogP contribution in [-0.4, -0.2) is 50.5 Å². The molecule has 0 unspecified atom stereocenters. The second-order valence-corrected chi connectivity index (χ2v) is 5.93. The molecular formula is C12H17F2N5O4. The number of carboxylic acid groups (broad SMARTS) is 1. The van der Waals surface area contributed by atoms with Crippen molar-refractivity contribution in [1.29, 1.82) is 0 Å². The fourth-order valence-corrected chi connectivity index (χ4v) is 2.92. The van der Waals surface area contributed by atoms with Crippen LogP contribution < -0.4 is 10.2 Å². The summed E-state index contributed by atoms with van der Waals surface area (Å²) in [6.07, 6.45) is -0.984. The highest BCUT2D eigenvalue weighted by Gasteiger charge is 2.46. The first-order valence-electron chi connectivity index (χ1n) is 6.83. The van der Waals surface area contributed by atoms with Gasteiger partial charge in [-0.3, -0.25) is 10.1 Å². The number of nitro groups is 1. The maximum Gasteiger partial charge on any atom is 0.405 e. The third-order valence-electron chi connectivity index (χ3n) is 3.80. The molecule has 1 aliphatic rings. The molecule has 0 aromatic carbocycles. The van der Waals surface area contributed by atoms with E-state index in [4.69, 9.17) is 5.11 Å². The fourth-order valence-electron chi connectivity index (χ4n) is 2.92. The topological polar surface area (TPSA) is 114 Å². The molecule has 0 bridgehead atoms. The summed E-state index contributed by atoms with van der Waals surface area (Å²) in [6.45, 7) is 0.688. The van der Waals surface area contributed by atoms with Crippen LogP contribution in [0.2, 0.25) is 0 Å². The number of rotatable bonds is 3. The largest absolute Gasteiger partial charge is 0.465 e. The molecule has 0 saturated carbocycles. The SMILES string of the molecule is Cn1ncc([N+](=O)[O-])c1N1CC[C@@](C)(NC(=O)O)CC(F)(F)C1. The lowest BCUT2D eigenvalue weighted by Gasteiger charge is -2.29. The van der Waals surface area contributed by atoms with Gasteiger partial charge in [0.15, 0.2) is 0 Å². The zero-order valence-corrected chi connectivity index (χ0v) is 12.6. The van der Waals surface area contributed by atoms with E-state index in [0.29, 0.717) is 0 Å². The molecule has 1 fully saturated rings. The number of nitrogens with one attached hydrogen (secondary N) is 1. The van der Waals surface area contributed by atoms with Gasteiger partial charge in [-0.2, -0.15) is 5.10 Å². The van der Waals surface area contributed by atoms with Crippen LogP contribution in [-0.2, 0) is 7.05 Å². The smallest absolute Gasteiger partial charge is 0.405 e. The average Bonchev–Trinajstić information content (AvgIpc) is 2.69. The quantitative estimate of drug-likeness (QED) is 0.641. The Kier molecular flexibility index (Phi) is 4.14. The van der Waals surface area contributed by atoms with E-state index in [1.54, 1.807) is 0 Å². The van der Waals surface area contributed by atoms with E-state index in [2.05, 4.69) is 10.4 Å². The molecule has 11 heteroatoms. The summed E-state index contributed by atoms with van der Waals surface area (Å²) in [6, 6.07) is 0. The number of carbonyl (C=O) groups is 1. The zero-order chi connectivity index (χ0) is 17.4. The van der Waals surface area contributed by atoms with Gasteiger partial charge in [-0.25, -0.2) is 18.3 Å². The number of hydrogen-bond donors (Lipinski definition) is 2. The summed E-state index contributed by atoms with van der Waals surface area (Å²) in [5.41, 5.74) is -1.68. The molecule has 23 heavy (non-hydrogen) atoms. The number of alkyl halides is 2. The Hall–Kier alpha value is -2.46. The molecule has 2 N–H and O–H groups in total. The van der Waals surface area contributed by atoms with E-state index in [9.17, 15) is 23.7 Å². The van der Waals surface area contributed by atoms with Gasteiger partial charge >= 0.3 is 11.8 Å². The first kappa shape index (κ1) is 16.9. The Morgan fingerprint density at radius 2 is 2.22 bits per heavy atom. The molecule has 0 spiro atoms. The van der Waals surface area contributed by atoms with Crippen molar-refractivity contribution in [3.63, 3.8) is 0 Å². The molecule has 1 atom stereocenters. The summed E-state index contributed by atoms with van der Waals surface area (Å²) in [7, 11) is 1.43. The van der Waals surface area contributed by atoms with Crippen molar-refractivity contribution in [1.82, 2.24) is 15.1 Å². The lowest BCUT2D eigenvalue weighted by Crippen LogP contribution is -2.48. The third-order valence-corrected chi connectivity index (χ3v) is 3.80. The van der Waals surface area contributed by atoms with Gasteiger partial charge in [0.2, 0.25) is 5.82 Å². The van der Waals surface area contributed by atoms with Crippen LogP contribution in [0.25, 0.3) is 0 Å². The molecule has 128 valence electrons. The maximum atomic E-state index is 14.2. The van der Waals surface area contributed by atoms with E-state index in [0.717, 1.165) is 6.20 Å². The third kappa shape index (κ3) is 3.66. The van der Waals surface area contributed by atoms with Crippen molar-refractivity contribution in [3.05, 3.63) is 16.3 Å². The van der Waals surface area contributed by atoms with Gasteiger partial charge in [0.1, 0.15) is 6.20 Å². The second-order valence-electron chi connectivity index (χ2n) is 5.93. The van der Waals surface area contributed by atoms with Crippen molar-refractivity contribution >= 4 is 17.6 Å². The van der Waals surface area contributed by atoms with Crippen LogP contribution in [0, 0.1) is 10.1 Å². The molecule has 9 nitrogen and oxygen atoms in total. The summed E-state index contributed by atoms with van der Waals surface area (Å²) in [5.74, 6) is -3.24. The first-order chi connectivity index (χ1) is 10.5. The van der Waals surface area contributed by atoms with Gasteiger partial charge in [-0.05, 0) is 13.3 Å². The molecule has 0 aliphatic carbocycles. The number of halogens is 2. The van der Waals surface area contributed by atoms with Crippen LogP contribution in [0.3, 0.4) is 0 Å². The lowest BCUT2D eigenvalue weighted by molar-refractivity contribution is -0.384. The van der Waals surface area contributed by atoms with Crippen LogP contribution in [0.15, 0.2) is 6.20 Å². The number of aromatic nitrogens is 2. The predicted molar refractivity (Wildman–Crippen MR) is 75.8 cm³/mol. The number of aryl methyl sites for hydroxylation is 1. The van der Waals surface area contributed by atoms with Crippen LogP contribution in [0.4, 0.5) is 25.1 Å². The van der Waals surface area contributed by atoms with E-state index >= 15 is 0 Å². The summed E-state index contributed by atoms with van der Waals surface area (Å²) < 4.78 is 29.7. The van der Waals surface area contributed by atoms with Crippen LogP contribution in [0.5, 0.6) is 0 Å². The van der Waals surface area contributed by atoms with E-state index in [-0.39, 0.29) is 24.5 Å². The standard InChI is InChI=1S/C12H17F2N5O4/c1-11(16-10(20)21)3-4-18(7-12(13,14)6-11)9-8(19(22)23)5-15-17(9)2/h5,16H,3-4,6-7H2,1-2H3,(H,20,21)/t11-/m1/s1. The number of amides is 1. The molecule has 1 saturated heterocycles. The van der Waals surface area contributed by atoms with Gasteiger partial charge < -0.3 is 15.3 Å². The number of anilines is 1. The maximum absolute atomic E-state index is 14.2. The molecule has 1 aromatic rings. The van der Waals surface area contributed by atoms with Gasteiger partial charge in [-0.1, -0.05) is 0 Å². The van der Waals surface area contributed by atoms with Gasteiger partial charge in [0, 0.05) is 25.6 Å². The van der Waals surface area contributed by atoms with E-state index in [1.165, 1.54) is 23.6 Å².